The number of anilines is 1. The average molecular weight is 424 g/mol. The molecule has 8 heteroatoms. The van der Waals surface area contributed by atoms with Gasteiger partial charge in [-0.15, -0.1) is 0 Å². The van der Waals surface area contributed by atoms with Crippen LogP contribution in [0.1, 0.15) is 26.3 Å². The summed E-state index contributed by atoms with van der Waals surface area (Å²) in [6.45, 7) is 1.69. The van der Waals surface area contributed by atoms with Crippen LogP contribution in [0.15, 0.2) is 65.7 Å². The van der Waals surface area contributed by atoms with E-state index in [0.717, 1.165) is 11.8 Å². The van der Waals surface area contributed by atoms with E-state index in [4.69, 9.17) is 0 Å². The number of esters is 1. The van der Waals surface area contributed by atoms with Crippen LogP contribution in [0.25, 0.3) is 11.3 Å². The lowest BCUT2D eigenvalue weighted by molar-refractivity contribution is 0.0600. The molecule has 0 aliphatic heterocycles. The van der Waals surface area contributed by atoms with E-state index in [1.165, 1.54) is 31.5 Å². The Balaban J connectivity index is 1.81. The molecule has 1 amide bonds. The van der Waals surface area contributed by atoms with Gasteiger partial charge in [-0.05, 0) is 55.0 Å². The first-order chi connectivity index (χ1) is 14.2. The SMILES string of the molecule is COC(=O)c1ccc(-c2cccc(NC(=O)c3ccc(S(C)(=O)=O)cc3C)c2)nc1. The number of aromatic nitrogens is 1. The molecule has 0 atom stereocenters. The number of rotatable bonds is 5. The molecular weight excluding hydrogens is 404 g/mol. The van der Waals surface area contributed by atoms with Gasteiger partial charge in [-0.1, -0.05) is 12.1 Å². The molecule has 154 valence electrons. The van der Waals surface area contributed by atoms with E-state index in [2.05, 4.69) is 15.0 Å². The predicted molar refractivity (Wildman–Crippen MR) is 113 cm³/mol. The standard InChI is InChI=1S/C22H20N2O5S/c1-14-11-18(30(3,27)28)8-9-19(14)21(25)24-17-6-4-5-15(12-17)20-10-7-16(13-23-20)22(26)29-2/h4-13H,1-3H3,(H,24,25). The van der Waals surface area contributed by atoms with Crippen LogP contribution in [0, 0.1) is 6.92 Å². The van der Waals surface area contributed by atoms with Gasteiger partial charge in [0.1, 0.15) is 0 Å². The maximum Gasteiger partial charge on any atom is 0.339 e. The van der Waals surface area contributed by atoms with Crippen molar-refractivity contribution in [2.45, 2.75) is 11.8 Å². The van der Waals surface area contributed by atoms with Gasteiger partial charge in [0, 0.05) is 29.3 Å². The number of hydrogen-bond acceptors (Lipinski definition) is 6. The van der Waals surface area contributed by atoms with Crippen LogP contribution in [-0.2, 0) is 14.6 Å². The topological polar surface area (TPSA) is 102 Å². The second-order valence-corrected chi connectivity index (χ2v) is 8.72. The van der Waals surface area contributed by atoms with Gasteiger partial charge >= 0.3 is 5.97 Å². The largest absolute Gasteiger partial charge is 0.465 e. The van der Waals surface area contributed by atoms with Crippen molar-refractivity contribution in [2.75, 3.05) is 18.7 Å². The third-order valence-electron chi connectivity index (χ3n) is 4.47. The summed E-state index contributed by atoms with van der Waals surface area (Å²) < 4.78 is 28.0. The first-order valence-corrected chi connectivity index (χ1v) is 10.8. The van der Waals surface area contributed by atoms with Gasteiger partial charge in [0.05, 0.1) is 23.3 Å². The molecule has 30 heavy (non-hydrogen) atoms. The summed E-state index contributed by atoms with van der Waals surface area (Å²) in [5.74, 6) is -0.814. The number of ether oxygens (including phenoxy) is 1. The number of pyridine rings is 1. The number of hydrogen-bond donors (Lipinski definition) is 1. The molecule has 7 nitrogen and oxygen atoms in total. The van der Waals surface area contributed by atoms with Gasteiger partial charge < -0.3 is 10.1 Å². The van der Waals surface area contributed by atoms with Gasteiger partial charge in [0.2, 0.25) is 0 Å². The molecule has 1 heterocycles. The molecule has 1 N–H and O–H groups in total. The van der Waals surface area contributed by atoms with E-state index in [1.807, 2.05) is 6.07 Å². The molecule has 0 fully saturated rings. The smallest absolute Gasteiger partial charge is 0.339 e. The fourth-order valence-electron chi connectivity index (χ4n) is 2.88. The van der Waals surface area contributed by atoms with Crippen molar-refractivity contribution in [3.63, 3.8) is 0 Å². The Morgan fingerprint density at radius 1 is 1.03 bits per heavy atom. The molecule has 3 aromatic rings. The van der Waals surface area contributed by atoms with Crippen molar-refractivity contribution >= 4 is 27.4 Å². The van der Waals surface area contributed by atoms with Crippen molar-refractivity contribution in [3.05, 3.63) is 77.5 Å². The van der Waals surface area contributed by atoms with Crippen molar-refractivity contribution in [1.82, 2.24) is 4.98 Å². The summed E-state index contributed by atoms with van der Waals surface area (Å²) in [6.07, 6.45) is 2.55. The first kappa shape index (κ1) is 21.2. The quantitative estimate of drug-likeness (QED) is 0.629. The minimum Gasteiger partial charge on any atom is -0.465 e. The van der Waals surface area contributed by atoms with Gasteiger partial charge in [-0.3, -0.25) is 9.78 Å². The minimum atomic E-state index is -3.34. The highest BCUT2D eigenvalue weighted by Gasteiger charge is 2.14. The Labute approximate surface area is 174 Å². The molecule has 0 unspecified atom stereocenters. The fraction of sp³-hybridized carbons (Fsp3) is 0.136. The highest BCUT2D eigenvalue weighted by molar-refractivity contribution is 7.90. The summed E-state index contributed by atoms with van der Waals surface area (Å²) in [7, 11) is -2.04. The lowest BCUT2D eigenvalue weighted by Crippen LogP contribution is -2.14. The number of benzene rings is 2. The van der Waals surface area contributed by atoms with Gasteiger partial charge in [-0.2, -0.15) is 0 Å². The van der Waals surface area contributed by atoms with Crippen molar-refractivity contribution in [2.24, 2.45) is 0 Å². The number of aryl methyl sites for hydroxylation is 1. The number of nitrogens with zero attached hydrogens (tertiary/aromatic N) is 1. The zero-order valence-corrected chi connectivity index (χ0v) is 17.5. The summed E-state index contributed by atoms with van der Waals surface area (Å²) >= 11 is 0. The Bertz CT molecular complexity index is 1220. The van der Waals surface area contributed by atoms with Crippen molar-refractivity contribution < 1.29 is 22.7 Å². The molecule has 0 bridgehead atoms. The average Bonchev–Trinajstić information content (AvgIpc) is 2.72. The van der Waals surface area contributed by atoms with E-state index in [-0.39, 0.29) is 10.8 Å². The molecule has 0 aliphatic rings. The van der Waals surface area contributed by atoms with Crippen LogP contribution >= 0.6 is 0 Å². The van der Waals surface area contributed by atoms with Gasteiger partial charge in [0.25, 0.3) is 5.91 Å². The van der Waals surface area contributed by atoms with E-state index in [0.29, 0.717) is 28.1 Å². The summed E-state index contributed by atoms with van der Waals surface area (Å²) in [5.41, 5.74) is 3.24. The van der Waals surface area contributed by atoms with Crippen LogP contribution < -0.4 is 5.32 Å². The zero-order valence-electron chi connectivity index (χ0n) is 16.7. The molecule has 2 aromatic carbocycles. The first-order valence-electron chi connectivity index (χ1n) is 8.96. The number of carbonyl (C=O) groups is 2. The van der Waals surface area contributed by atoms with Crippen molar-refractivity contribution in [3.8, 4) is 11.3 Å². The van der Waals surface area contributed by atoms with Crippen LogP contribution in [0.4, 0.5) is 5.69 Å². The van der Waals surface area contributed by atoms with Crippen LogP contribution in [-0.4, -0.2) is 38.6 Å². The molecule has 0 spiro atoms. The summed E-state index contributed by atoms with van der Waals surface area (Å²) in [6, 6.07) is 14.8. The van der Waals surface area contributed by atoms with Crippen molar-refractivity contribution in [1.29, 1.82) is 0 Å². The normalized spacial score (nSPS) is 11.0. The fourth-order valence-corrected chi connectivity index (χ4v) is 3.59. The number of amides is 1. The second kappa shape index (κ2) is 8.46. The Morgan fingerprint density at radius 2 is 1.80 bits per heavy atom. The Hall–Kier alpha value is -3.52. The highest BCUT2D eigenvalue weighted by Crippen LogP contribution is 2.23. The molecule has 0 saturated carbocycles. The Morgan fingerprint density at radius 3 is 2.40 bits per heavy atom. The Kier molecular flexibility index (Phi) is 5.98. The molecule has 0 aliphatic carbocycles. The summed E-state index contributed by atoms with van der Waals surface area (Å²) in [4.78, 5) is 28.6. The maximum atomic E-state index is 12.7. The van der Waals surface area contributed by atoms with Gasteiger partial charge in [-0.25, -0.2) is 13.2 Å². The molecule has 3 rings (SSSR count). The molecule has 0 saturated heterocycles. The number of carbonyl (C=O) groups excluding carboxylic acids is 2. The van der Waals surface area contributed by atoms with E-state index < -0.39 is 15.8 Å². The monoisotopic (exact) mass is 424 g/mol. The molecule has 0 radical (unpaired) electrons. The van der Waals surface area contributed by atoms with Gasteiger partial charge in [0.15, 0.2) is 9.84 Å². The zero-order chi connectivity index (χ0) is 21.9. The summed E-state index contributed by atoms with van der Waals surface area (Å²) in [5, 5.41) is 2.82. The van der Waals surface area contributed by atoms with Crippen LogP contribution in [0.5, 0.6) is 0 Å². The van der Waals surface area contributed by atoms with E-state index in [9.17, 15) is 18.0 Å². The highest BCUT2D eigenvalue weighted by atomic mass is 32.2. The second-order valence-electron chi connectivity index (χ2n) is 6.71. The van der Waals surface area contributed by atoms with Crippen LogP contribution in [0.2, 0.25) is 0 Å². The molecule has 1 aromatic heterocycles. The van der Waals surface area contributed by atoms with Crippen LogP contribution in [0.3, 0.4) is 0 Å². The lowest BCUT2D eigenvalue weighted by Gasteiger charge is -2.10. The predicted octanol–water partition coefficient (Wildman–Crippen LogP) is 3.50. The van der Waals surface area contributed by atoms with E-state index >= 15 is 0 Å². The maximum absolute atomic E-state index is 12.7. The minimum absolute atomic E-state index is 0.167. The number of methoxy groups -OCH3 is 1. The third kappa shape index (κ3) is 4.72. The number of sulfone groups is 1. The molecular formula is C22H20N2O5S. The lowest BCUT2D eigenvalue weighted by atomic mass is 10.1. The number of nitrogens with one attached hydrogen (secondary N) is 1. The van der Waals surface area contributed by atoms with E-state index in [1.54, 1.807) is 37.3 Å². The third-order valence-corrected chi connectivity index (χ3v) is 5.58.